The summed E-state index contributed by atoms with van der Waals surface area (Å²) in [6.45, 7) is 2.97. The van der Waals surface area contributed by atoms with Crippen LogP contribution in [-0.2, 0) is 6.42 Å². The summed E-state index contributed by atoms with van der Waals surface area (Å²) in [5.41, 5.74) is 3.90. The molecule has 0 aromatic heterocycles. The van der Waals surface area contributed by atoms with Crippen LogP contribution >= 0.6 is 0 Å². The minimum atomic E-state index is -0.728. The van der Waals surface area contributed by atoms with Crippen LogP contribution in [0.2, 0.25) is 0 Å². The van der Waals surface area contributed by atoms with E-state index < -0.39 is 6.10 Å². The quantitative estimate of drug-likeness (QED) is 0.877. The van der Waals surface area contributed by atoms with E-state index in [9.17, 15) is 5.11 Å². The summed E-state index contributed by atoms with van der Waals surface area (Å²) in [7, 11) is 3.21. The van der Waals surface area contributed by atoms with Gasteiger partial charge in [0.2, 0.25) is 6.79 Å². The first-order valence-corrected chi connectivity index (χ1v) is 8.69. The molecule has 4 rings (SSSR count). The summed E-state index contributed by atoms with van der Waals surface area (Å²) in [4.78, 5) is 0. The highest BCUT2D eigenvalue weighted by molar-refractivity contribution is 5.53. The first-order valence-electron chi connectivity index (χ1n) is 8.69. The molecule has 0 radical (unpaired) electrons. The average molecular weight is 357 g/mol. The average Bonchev–Trinajstić information content (AvgIpc) is 3.12. The Kier molecular flexibility index (Phi) is 4.38. The number of aliphatic hydroxyl groups excluding tert-OH is 1. The van der Waals surface area contributed by atoms with Crippen molar-refractivity contribution >= 4 is 0 Å². The van der Waals surface area contributed by atoms with E-state index in [0.717, 1.165) is 41.2 Å². The van der Waals surface area contributed by atoms with Gasteiger partial charge in [-0.25, -0.2) is 0 Å². The van der Waals surface area contributed by atoms with Crippen LogP contribution in [0.25, 0.3) is 0 Å². The van der Waals surface area contributed by atoms with E-state index in [2.05, 4.69) is 5.32 Å². The Hall–Kier alpha value is -2.44. The second-order valence-electron chi connectivity index (χ2n) is 6.55. The van der Waals surface area contributed by atoms with Gasteiger partial charge in [0.25, 0.3) is 0 Å². The van der Waals surface area contributed by atoms with Gasteiger partial charge >= 0.3 is 0 Å². The Bertz CT molecular complexity index is 835. The lowest BCUT2D eigenvalue weighted by Gasteiger charge is -2.32. The number of rotatable bonds is 4. The topological polar surface area (TPSA) is 69.2 Å². The van der Waals surface area contributed by atoms with Crippen LogP contribution in [-0.4, -0.2) is 32.7 Å². The van der Waals surface area contributed by atoms with Crippen molar-refractivity contribution in [2.24, 2.45) is 0 Å². The van der Waals surface area contributed by atoms with Gasteiger partial charge in [-0.15, -0.1) is 0 Å². The normalized spacial score (nSPS) is 19.0. The van der Waals surface area contributed by atoms with Gasteiger partial charge < -0.3 is 29.4 Å². The minimum Gasteiger partial charge on any atom is -0.493 e. The maximum atomic E-state index is 11.2. The van der Waals surface area contributed by atoms with E-state index in [1.54, 1.807) is 14.2 Å². The number of fused-ring (bicyclic) bond motifs is 2. The zero-order valence-electron chi connectivity index (χ0n) is 15.2. The fourth-order valence-electron chi connectivity index (χ4n) is 3.86. The van der Waals surface area contributed by atoms with Crippen LogP contribution in [0.15, 0.2) is 24.3 Å². The molecule has 0 unspecified atom stereocenters. The molecule has 26 heavy (non-hydrogen) atoms. The zero-order valence-corrected chi connectivity index (χ0v) is 15.2. The molecule has 0 aliphatic carbocycles. The van der Waals surface area contributed by atoms with E-state index in [4.69, 9.17) is 18.9 Å². The number of ether oxygens (including phenoxy) is 4. The number of aliphatic hydroxyl groups is 1. The third kappa shape index (κ3) is 2.66. The van der Waals surface area contributed by atoms with E-state index >= 15 is 0 Å². The van der Waals surface area contributed by atoms with Crippen LogP contribution in [0.1, 0.15) is 34.4 Å². The van der Waals surface area contributed by atoms with Crippen molar-refractivity contribution in [1.29, 1.82) is 0 Å². The van der Waals surface area contributed by atoms with Crippen LogP contribution < -0.4 is 24.3 Å². The Balaban J connectivity index is 1.74. The second-order valence-corrected chi connectivity index (χ2v) is 6.55. The number of hydrogen-bond acceptors (Lipinski definition) is 6. The highest BCUT2D eigenvalue weighted by Gasteiger charge is 2.31. The largest absolute Gasteiger partial charge is 0.493 e. The van der Waals surface area contributed by atoms with E-state index in [1.165, 1.54) is 5.56 Å². The zero-order chi connectivity index (χ0) is 18.3. The molecule has 0 bridgehead atoms. The fraction of sp³-hybridized carbons (Fsp3) is 0.400. The van der Waals surface area contributed by atoms with Gasteiger partial charge in [-0.05, 0) is 54.8 Å². The standard InChI is InChI=1S/C20H23NO5/c1-11-13(4-5-15(23-2)20(11)24-3)19(22)18-14-9-17-16(25-10-26-17)8-12(14)6-7-21-18/h4-5,8-9,18-19,21-22H,6-7,10H2,1-3H3/t18-,19-/m1/s1. The van der Waals surface area contributed by atoms with Crippen LogP contribution in [0.5, 0.6) is 23.0 Å². The van der Waals surface area contributed by atoms with Gasteiger partial charge in [0, 0.05) is 5.56 Å². The highest BCUT2D eigenvalue weighted by atomic mass is 16.7. The van der Waals surface area contributed by atoms with Crippen molar-refractivity contribution in [3.8, 4) is 23.0 Å². The van der Waals surface area contributed by atoms with Crippen molar-refractivity contribution in [2.75, 3.05) is 27.6 Å². The molecule has 0 fully saturated rings. The van der Waals surface area contributed by atoms with Crippen LogP contribution in [0.4, 0.5) is 0 Å². The molecule has 0 amide bonds. The van der Waals surface area contributed by atoms with Crippen molar-refractivity contribution < 1.29 is 24.1 Å². The summed E-state index contributed by atoms with van der Waals surface area (Å²) in [5, 5.41) is 14.6. The van der Waals surface area contributed by atoms with Crippen molar-refractivity contribution in [2.45, 2.75) is 25.5 Å². The van der Waals surface area contributed by atoms with Gasteiger partial charge in [-0.3, -0.25) is 0 Å². The van der Waals surface area contributed by atoms with E-state index in [-0.39, 0.29) is 12.8 Å². The second kappa shape index (κ2) is 6.70. The highest BCUT2D eigenvalue weighted by Crippen LogP contribution is 2.43. The molecule has 0 saturated heterocycles. The molecule has 2 atom stereocenters. The summed E-state index contributed by atoms with van der Waals surface area (Å²) in [5.74, 6) is 2.81. The lowest BCUT2D eigenvalue weighted by molar-refractivity contribution is 0.124. The Morgan fingerprint density at radius 3 is 2.65 bits per heavy atom. The number of methoxy groups -OCH3 is 2. The molecule has 2 aromatic rings. The van der Waals surface area contributed by atoms with Crippen molar-refractivity contribution in [1.82, 2.24) is 5.32 Å². The molecule has 138 valence electrons. The van der Waals surface area contributed by atoms with Gasteiger partial charge in [-0.1, -0.05) is 6.07 Å². The van der Waals surface area contributed by atoms with Crippen LogP contribution in [0, 0.1) is 6.92 Å². The molecule has 6 nitrogen and oxygen atoms in total. The van der Waals surface area contributed by atoms with Crippen molar-refractivity contribution in [3.05, 3.63) is 46.5 Å². The predicted octanol–water partition coefficient (Wildman–Crippen LogP) is 2.66. The fourth-order valence-corrected chi connectivity index (χ4v) is 3.86. The summed E-state index contributed by atoms with van der Waals surface area (Å²) in [6.07, 6.45) is 0.161. The third-order valence-corrected chi connectivity index (χ3v) is 5.20. The number of benzene rings is 2. The first-order chi connectivity index (χ1) is 12.6. The van der Waals surface area contributed by atoms with Crippen molar-refractivity contribution in [3.63, 3.8) is 0 Å². The maximum Gasteiger partial charge on any atom is 0.231 e. The molecule has 2 N–H and O–H groups in total. The van der Waals surface area contributed by atoms with Gasteiger partial charge in [-0.2, -0.15) is 0 Å². The molecule has 2 aliphatic heterocycles. The maximum absolute atomic E-state index is 11.2. The molecule has 0 spiro atoms. The Morgan fingerprint density at radius 2 is 1.92 bits per heavy atom. The molecular weight excluding hydrogens is 334 g/mol. The molecule has 2 heterocycles. The lowest BCUT2D eigenvalue weighted by Crippen LogP contribution is -2.34. The predicted molar refractivity (Wildman–Crippen MR) is 96.3 cm³/mol. The molecular formula is C20H23NO5. The SMILES string of the molecule is COc1ccc([C@@H](O)[C@@H]2NCCc3cc4c(cc32)OCO4)c(C)c1OC. The third-order valence-electron chi connectivity index (χ3n) is 5.20. The molecule has 2 aliphatic rings. The lowest BCUT2D eigenvalue weighted by atomic mass is 9.86. The summed E-state index contributed by atoms with van der Waals surface area (Å²) in [6, 6.07) is 7.50. The minimum absolute atomic E-state index is 0.231. The summed E-state index contributed by atoms with van der Waals surface area (Å²) >= 11 is 0. The van der Waals surface area contributed by atoms with E-state index in [0.29, 0.717) is 11.5 Å². The molecule has 2 aromatic carbocycles. The monoisotopic (exact) mass is 357 g/mol. The van der Waals surface area contributed by atoms with Gasteiger partial charge in [0.05, 0.1) is 26.4 Å². The van der Waals surface area contributed by atoms with Gasteiger partial charge in [0.15, 0.2) is 23.0 Å². The smallest absolute Gasteiger partial charge is 0.231 e. The van der Waals surface area contributed by atoms with Crippen LogP contribution in [0.3, 0.4) is 0 Å². The Morgan fingerprint density at radius 1 is 1.15 bits per heavy atom. The number of hydrogen-bond donors (Lipinski definition) is 2. The van der Waals surface area contributed by atoms with E-state index in [1.807, 2.05) is 31.2 Å². The number of nitrogens with one attached hydrogen (secondary N) is 1. The van der Waals surface area contributed by atoms with Gasteiger partial charge in [0.1, 0.15) is 0 Å². The Labute approximate surface area is 152 Å². The first kappa shape index (κ1) is 17.0. The molecule has 6 heteroatoms. The summed E-state index contributed by atoms with van der Waals surface area (Å²) < 4.78 is 21.8. The molecule has 0 saturated carbocycles.